The van der Waals surface area contributed by atoms with Crippen molar-refractivity contribution in [1.82, 2.24) is 10.9 Å². The molecule has 0 fully saturated rings. The highest BCUT2D eigenvalue weighted by Crippen LogP contribution is 2.39. The monoisotopic (exact) mass is 436 g/mol. The Morgan fingerprint density at radius 2 is 1.40 bits per heavy atom. The second-order valence-electron chi connectivity index (χ2n) is 5.85. The molecule has 0 radical (unpaired) electrons. The maximum absolute atomic E-state index is 12.5. The van der Waals surface area contributed by atoms with Gasteiger partial charge in [0.05, 0.1) is 19.8 Å². The van der Waals surface area contributed by atoms with E-state index in [1.165, 1.54) is 12.1 Å². The zero-order valence-corrected chi connectivity index (χ0v) is 17.9. The third-order valence-corrected chi connectivity index (χ3v) is 3.92. The number of rotatable bonds is 10. The number of ether oxygens (including phenoxy) is 4. The van der Waals surface area contributed by atoms with Crippen LogP contribution in [-0.2, 0) is 4.79 Å². The largest absolute Gasteiger partial charge is 0.490 e. The summed E-state index contributed by atoms with van der Waals surface area (Å²) in [4.78, 5) is 24.5. The van der Waals surface area contributed by atoms with Crippen LogP contribution in [0.15, 0.2) is 36.4 Å². The van der Waals surface area contributed by atoms with Gasteiger partial charge in [0.2, 0.25) is 5.75 Å². The van der Waals surface area contributed by atoms with Crippen molar-refractivity contribution >= 4 is 23.4 Å². The molecule has 2 rings (SSSR count). The Bertz CT molecular complexity index is 830. The van der Waals surface area contributed by atoms with E-state index in [2.05, 4.69) is 10.9 Å². The van der Waals surface area contributed by atoms with Crippen LogP contribution in [-0.4, -0.2) is 38.2 Å². The Labute approximate surface area is 180 Å². The number of amides is 2. The fourth-order valence-corrected chi connectivity index (χ4v) is 2.56. The van der Waals surface area contributed by atoms with Gasteiger partial charge in [-0.2, -0.15) is 0 Å². The zero-order valence-electron chi connectivity index (χ0n) is 17.1. The van der Waals surface area contributed by atoms with Crippen molar-refractivity contribution in [1.29, 1.82) is 0 Å². The maximum atomic E-state index is 12.5. The summed E-state index contributed by atoms with van der Waals surface area (Å²) < 4.78 is 22.1. The molecule has 30 heavy (non-hydrogen) atoms. The summed E-state index contributed by atoms with van der Waals surface area (Å²) in [5.41, 5.74) is 4.89. The molecule has 2 N–H and O–H groups in total. The van der Waals surface area contributed by atoms with Crippen molar-refractivity contribution in [2.24, 2.45) is 0 Å². The molecular weight excluding hydrogens is 412 g/mol. The normalized spacial score (nSPS) is 10.1. The molecule has 0 aliphatic rings. The van der Waals surface area contributed by atoms with Gasteiger partial charge >= 0.3 is 0 Å². The topological polar surface area (TPSA) is 95.1 Å². The molecule has 162 valence electrons. The molecule has 0 spiro atoms. The standard InChI is InChI=1S/C21H25ClN2O6/c1-4-27-17-11-14(12-18(28-5-2)20(17)29-6-3)21(26)24-23-19(25)13-30-16-9-7-15(22)8-10-16/h7-12H,4-6,13H2,1-3H3,(H,23,25)(H,24,26). The van der Waals surface area contributed by atoms with Crippen LogP contribution in [0.5, 0.6) is 23.0 Å². The smallest absolute Gasteiger partial charge is 0.276 e. The van der Waals surface area contributed by atoms with Gasteiger partial charge in [0.15, 0.2) is 18.1 Å². The predicted molar refractivity (Wildman–Crippen MR) is 113 cm³/mol. The first kappa shape index (κ1) is 23.2. The van der Waals surface area contributed by atoms with Crippen LogP contribution in [0.2, 0.25) is 5.02 Å². The molecule has 2 aromatic rings. The first-order valence-corrected chi connectivity index (χ1v) is 9.90. The molecule has 0 aliphatic heterocycles. The third kappa shape index (κ3) is 6.73. The first-order valence-electron chi connectivity index (χ1n) is 9.52. The van der Waals surface area contributed by atoms with Crippen LogP contribution in [0.4, 0.5) is 0 Å². The molecule has 0 bridgehead atoms. The lowest BCUT2D eigenvalue weighted by atomic mass is 10.1. The van der Waals surface area contributed by atoms with Gasteiger partial charge in [-0.25, -0.2) is 0 Å². The molecule has 0 aromatic heterocycles. The second-order valence-corrected chi connectivity index (χ2v) is 6.28. The molecule has 0 atom stereocenters. The number of carbonyl (C=O) groups is 2. The average molecular weight is 437 g/mol. The number of carbonyl (C=O) groups excluding carboxylic acids is 2. The molecule has 0 aliphatic carbocycles. The number of hydrazine groups is 1. The maximum Gasteiger partial charge on any atom is 0.276 e. The fourth-order valence-electron chi connectivity index (χ4n) is 2.43. The zero-order chi connectivity index (χ0) is 21.9. The van der Waals surface area contributed by atoms with Crippen LogP contribution in [0, 0.1) is 0 Å². The van der Waals surface area contributed by atoms with Gasteiger partial charge in [0.25, 0.3) is 11.8 Å². The van der Waals surface area contributed by atoms with Crippen LogP contribution >= 0.6 is 11.6 Å². The average Bonchev–Trinajstić information content (AvgIpc) is 2.74. The van der Waals surface area contributed by atoms with E-state index in [0.717, 1.165) is 0 Å². The van der Waals surface area contributed by atoms with Gasteiger partial charge in [0, 0.05) is 10.6 Å². The van der Waals surface area contributed by atoms with Crippen molar-refractivity contribution < 1.29 is 28.5 Å². The van der Waals surface area contributed by atoms with Gasteiger partial charge in [-0.05, 0) is 57.2 Å². The number of benzene rings is 2. The minimum Gasteiger partial charge on any atom is -0.490 e. The lowest BCUT2D eigenvalue weighted by molar-refractivity contribution is -0.123. The highest BCUT2D eigenvalue weighted by Gasteiger charge is 2.18. The number of hydrogen-bond acceptors (Lipinski definition) is 6. The minimum atomic E-state index is -0.542. The number of nitrogens with one attached hydrogen (secondary N) is 2. The van der Waals surface area contributed by atoms with Crippen molar-refractivity contribution in [3.05, 3.63) is 47.0 Å². The SMILES string of the molecule is CCOc1cc(C(=O)NNC(=O)COc2ccc(Cl)cc2)cc(OCC)c1OCC. The molecule has 0 heterocycles. The van der Waals surface area contributed by atoms with Crippen molar-refractivity contribution in [2.45, 2.75) is 20.8 Å². The minimum absolute atomic E-state index is 0.240. The van der Waals surface area contributed by atoms with E-state index in [1.807, 2.05) is 20.8 Å². The van der Waals surface area contributed by atoms with Gasteiger partial charge in [-0.1, -0.05) is 11.6 Å². The molecule has 0 saturated heterocycles. The van der Waals surface area contributed by atoms with Crippen molar-refractivity contribution in [3.63, 3.8) is 0 Å². The summed E-state index contributed by atoms with van der Waals surface area (Å²) in [5.74, 6) is 0.605. The first-order chi connectivity index (χ1) is 14.5. The highest BCUT2D eigenvalue weighted by atomic mass is 35.5. The van der Waals surface area contributed by atoms with E-state index in [-0.39, 0.29) is 12.2 Å². The molecule has 8 nitrogen and oxygen atoms in total. The Morgan fingerprint density at radius 3 is 1.93 bits per heavy atom. The van der Waals surface area contributed by atoms with Gasteiger partial charge in [-0.15, -0.1) is 0 Å². The Balaban J connectivity index is 2.02. The quantitative estimate of drug-likeness (QED) is 0.554. The van der Waals surface area contributed by atoms with Crippen molar-refractivity contribution in [3.8, 4) is 23.0 Å². The summed E-state index contributed by atoms with van der Waals surface area (Å²) in [6.07, 6.45) is 0. The number of hydrogen-bond donors (Lipinski definition) is 2. The van der Waals surface area contributed by atoms with E-state index >= 15 is 0 Å². The molecule has 0 unspecified atom stereocenters. The van der Waals surface area contributed by atoms with E-state index < -0.39 is 11.8 Å². The Morgan fingerprint density at radius 1 is 0.833 bits per heavy atom. The summed E-state index contributed by atoms with van der Waals surface area (Å²) in [7, 11) is 0. The van der Waals surface area contributed by atoms with Gasteiger partial charge < -0.3 is 18.9 Å². The Kier molecular flexibility index (Phi) is 9.08. The molecule has 0 saturated carbocycles. The van der Waals surface area contributed by atoms with Gasteiger partial charge in [-0.3, -0.25) is 20.4 Å². The summed E-state index contributed by atoms with van der Waals surface area (Å²) in [6, 6.07) is 9.63. The van der Waals surface area contributed by atoms with Crippen LogP contribution in [0.3, 0.4) is 0 Å². The van der Waals surface area contributed by atoms with E-state index in [1.54, 1.807) is 24.3 Å². The Hall–Kier alpha value is -3.13. The summed E-state index contributed by atoms with van der Waals surface area (Å²) >= 11 is 5.80. The van der Waals surface area contributed by atoms with Crippen molar-refractivity contribution in [2.75, 3.05) is 26.4 Å². The highest BCUT2D eigenvalue weighted by molar-refractivity contribution is 6.30. The van der Waals surface area contributed by atoms with E-state index in [0.29, 0.717) is 47.8 Å². The lowest BCUT2D eigenvalue weighted by Crippen LogP contribution is -2.43. The van der Waals surface area contributed by atoms with Crippen LogP contribution in [0.25, 0.3) is 0 Å². The predicted octanol–water partition coefficient (Wildman–Crippen LogP) is 3.38. The molecule has 2 amide bonds. The second kappa shape index (κ2) is 11.8. The molecular formula is C21H25ClN2O6. The van der Waals surface area contributed by atoms with E-state index in [9.17, 15) is 9.59 Å². The summed E-state index contributed by atoms with van der Waals surface area (Å²) in [5, 5.41) is 0.562. The lowest BCUT2D eigenvalue weighted by Gasteiger charge is -2.17. The van der Waals surface area contributed by atoms with Crippen LogP contribution in [0.1, 0.15) is 31.1 Å². The summed E-state index contributed by atoms with van der Waals surface area (Å²) in [6.45, 7) is 6.39. The van der Waals surface area contributed by atoms with Crippen LogP contribution < -0.4 is 29.8 Å². The molecule has 9 heteroatoms. The molecule has 2 aromatic carbocycles. The van der Waals surface area contributed by atoms with E-state index in [4.69, 9.17) is 30.5 Å². The third-order valence-electron chi connectivity index (χ3n) is 3.67. The fraction of sp³-hybridized carbons (Fsp3) is 0.333. The number of halogens is 1. The van der Waals surface area contributed by atoms with Gasteiger partial charge in [0.1, 0.15) is 5.75 Å².